The van der Waals surface area contributed by atoms with Gasteiger partial charge in [-0.25, -0.2) is 0 Å². The lowest BCUT2D eigenvalue weighted by Gasteiger charge is -2.12. The van der Waals surface area contributed by atoms with Gasteiger partial charge in [0.05, 0.1) is 19.9 Å². The zero-order valence-corrected chi connectivity index (χ0v) is 14.8. The summed E-state index contributed by atoms with van der Waals surface area (Å²) < 4.78 is 10.3. The highest BCUT2D eigenvalue weighted by Crippen LogP contribution is 2.31. The van der Waals surface area contributed by atoms with E-state index in [4.69, 9.17) is 9.47 Å². The molecule has 0 bridgehead atoms. The highest BCUT2D eigenvalue weighted by Gasteiger charge is 2.17. The molecule has 3 aromatic carbocycles. The number of benzene rings is 3. The molecule has 3 aromatic rings. The molecule has 0 spiro atoms. The third kappa shape index (κ3) is 3.77. The van der Waals surface area contributed by atoms with Gasteiger partial charge in [0.2, 0.25) is 0 Å². The Morgan fingerprint density at radius 2 is 1.48 bits per heavy atom. The number of hydrogen-bond donors (Lipinski definition) is 3. The maximum Gasteiger partial charge on any atom is 0.314 e. The molecule has 0 saturated carbocycles. The maximum atomic E-state index is 12.3. The number of carbonyl (C=O) groups is 2. The van der Waals surface area contributed by atoms with Crippen molar-refractivity contribution in [3.8, 4) is 17.2 Å². The standard InChI is InChI=1S/C20H18N2O5/c1-26-12-9-10-16(18(11-12)27-2)22-20(25)19(24)21-15-7-3-6-14-13(15)5-4-8-17(14)23/h3-11,23H,1-2H3,(H,21,24)(H,22,25). The van der Waals surface area contributed by atoms with Gasteiger partial charge in [-0.1, -0.05) is 24.3 Å². The van der Waals surface area contributed by atoms with E-state index in [1.54, 1.807) is 54.6 Å². The van der Waals surface area contributed by atoms with Crippen LogP contribution >= 0.6 is 0 Å². The number of hydrogen-bond acceptors (Lipinski definition) is 5. The highest BCUT2D eigenvalue weighted by molar-refractivity contribution is 6.44. The van der Waals surface area contributed by atoms with Gasteiger partial charge in [-0.2, -0.15) is 0 Å². The number of nitrogens with one attached hydrogen (secondary N) is 2. The number of rotatable bonds is 4. The van der Waals surface area contributed by atoms with Gasteiger partial charge < -0.3 is 25.2 Å². The summed E-state index contributed by atoms with van der Waals surface area (Å²) in [5.74, 6) is -0.675. The molecular weight excluding hydrogens is 348 g/mol. The van der Waals surface area contributed by atoms with E-state index in [1.807, 2.05) is 0 Å². The molecule has 0 unspecified atom stereocenters. The van der Waals surface area contributed by atoms with E-state index in [-0.39, 0.29) is 5.75 Å². The molecule has 0 heterocycles. The molecule has 7 nitrogen and oxygen atoms in total. The smallest absolute Gasteiger partial charge is 0.314 e. The fourth-order valence-corrected chi connectivity index (χ4v) is 2.66. The molecule has 3 rings (SSSR count). The molecule has 2 amide bonds. The van der Waals surface area contributed by atoms with E-state index in [0.29, 0.717) is 33.6 Å². The minimum Gasteiger partial charge on any atom is -0.507 e. The number of anilines is 2. The molecule has 0 aliphatic heterocycles. The van der Waals surface area contributed by atoms with Crippen LogP contribution in [0.5, 0.6) is 17.2 Å². The number of phenols is 1. The second-order valence-electron chi connectivity index (χ2n) is 5.65. The minimum atomic E-state index is -0.851. The molecule has 0 atom stereocenters. The van der Waals surface area contributed by atoms with Crippen LogP contribution in [-0.4, -0.2) is 31.1 Å². The largest absolute Gasteiger partial charge is 0.507 e. The lowest BCUT2D eigenvalue weighted by atomic mass is 10.1. The fourth-order valence-electron chi connectivity index (χ4n) is 2.66. The van der Waals surface area contributed by atoms with Crippen molar-refractivity contribution in [2.45, 2.75) is 0 Å². The van der Waals surface area contributed by atoms with Crippen molar-refractivity contribution in [2.75, 3.05) is 24.9 Å². The number of ether oxygens (including phenoxy) is 2. The first-order valence-corrected chi connectivity index (χ1v) is 8.08. The summed E-state index contributed by atoms with van der Waals surface area (Å²) in [6, 6.07) is 14.8. The molecule has 0 radical (unpaired) electrons. The quantitative estimate of drug-likeness (QED) is 0.617. The van der Waals surface area contributed by atoms with Crippen molar-refractivity contribution < 1.29 is 24.2 Å². The highest BCUT2D eigenvalue weighted by atomic mass is 16.5. The lowest BCUT2D eigenvalue weighted by molar-refractivity contribution is -0.132. The summed E-state index contributed by atoms with van der Waals surface area (Å²) in [7, 11) is 2.97. The summed E-state index contributed by atoms with van der Waals surface area (Å²) in [4.78, 5) is 24.6. The number of amides is 2. The molecule has 3 N–H and O–H groups in total. The van der Waals surface area contributed by atoms with E-state index in [0.717, 1.165) is 0 Å². The Kier molecular flexibility index (Phi) is 5.12. The van der Waals surface area contributed by atoms with Crippen molar-refractivity contribution in [3.05, 3.63) is 54.6 Å². The predicted molar refractivity (Wildman–Crippen MR) is 102 cm³/mol. The van der Waals surface area contributed by atoms with Crippen LogP contribution in [0.1, 0.15) is 0 Å². The summed E-state index contributed by atoms with van der Waals surface area (Å²) in [5, 5.41) is 16.2. The monoisotopic (exact) mass is 366 g/mol. The first-order chi connectivity index (χ1) is 13.0. The summed E-state index contributed by atoms with van der Waals surface area (Å²) in [5.41, 5.74) is 0.763. The van der Waals surface area contributed by atoms with Gasteiger partial charge in [0.25, 0.3) is 0 Å². The number of fused-ring (bicyclic) bond motifs is 1. The van der Waals surface area contributed by atoms with Gasteiger partial charge in [0.15, 0.2) is 0 Å². The first-order valence-electron chi connectivity index (χ1n) is 8.08. The van der Waals surface area contributed by atoms with Crippen LogP contribution in [0.25, 0.3) is 10.8 Å². The third-order valence-electron chi connectivity index (χ3n) is 4.01. The van der Waals surface area contributed by atoms with Crippen molar-refractivity contribution in [1.29, 1.82) is 0 Å². The normalized spacial score (nSPS) is 10.3. The van der Waals surface area contributed by atoms with Gasteiger partial charge in [-0.15, -0.1) is 0 Å². The SMILES string of the molecule is COc1ccc(NC(=O)C(=O)Nc2cccc3c(O)cccc23)c(OC)c1. The second-order valence-corrected chi connectivity index (χ2v) is 5.65. The summed E-state index contributed by atoms with van der Waals surface area (Å²) >= 11 is 0. The first kappa shape index (κ1) is 18.1. The Morgan fingerprint density at radius 3 is 2.19 bits per heavy atom. The molecule has 7 heteroatoms. The zero-order chi connectivity index (χ0) is 19.4. The van der Waals surface area contributed by atoms with Crippen molar-refractivity contribution in [3.63, 3.8) is 0 Å². The van der Waals surface area contributed by atoms with Crippen molar-refractivity contribution >= 4 is 34.0 Å². The Bertz CT molecular complexity index is 1020. The van der Waals surface area contributed by atoms with Gasteiger partial charge in [0, 0.05) is 22.5 Å². The van der Waals surface area contributed by atoms with E-state index >= 15 is 0 Å². The average Bonchev–Trinajstić information content (AvgIpc) is 2.69. The Labute approximate surface area is 155 Å². The van der Waals surface area contributed by atoms with Crippen LogP contribution in [0, 0.1) is 0 Å². The Balaban J connectivity index is 1.79. The molecule has 138 valence electrons. The van der Waals surface area contributed by atoms with E-state index in [2.05, 4.69) is 10.6 Å². The maximum absolute atomic E-state index is 12.3. The molecule has 0 aromatic heterocycles. The van der Waals surface area contributed by atoms with Crippen LogP contribution in [0.2, 0.25) is 0 Å². The van der Waals surface area contributed by atoms with Gasteiger partial charge >= 0.3 is 11.8 Å². The van der Waals surface area contributed by atoms with E-state index in [1.165, 1.54) is 14.2 Å². The average molecular weight is 366 g/mol. The van der Waals surface area contributed by atoms with Crippen LogP contribution in [0.3, 0.4) is 0 Å². The molecule has 0 aliphatic rings. The van der Waals surface area contributed by atoms with E-state index < -0.39 is 11.8 Å². The fraction of sp³-hybridized carbons (Fsp3) is 0.100. The number of aromatic hydroxyl groups is 1. The van der Waals surface area contributed by atoms with Crippen molar-refractivity contribution in [2.24, 2.45) is 0 Å². The van der Waals surface area contributed by atoms with Crippen molar-refractivity contribution in [1.82, 2.24) is 0 Å². The lowest BCUT2D eigenvalue weighted by Crippen LogP contribution is -2.29. The molecule has 0 aliphatic carbocycles. The molecular formula is C20H18N2O5. The van der Waals surface area contributed by atoms with Crippen LogP contribution in [0.15, 0.2) is 54.6 Å². The minimum absolute atomic E-state index is 0.0935. The van der Waals surface area contributed by atoms with E-state index in [9.17, 15) is 14.7 Å². The van der Waals surface area contributed by atoms with Crippen LogP contribution < -0.4 is 20.1 Å². The topological polar surface area (TPSA) is 96.9 Å². The third-order valence-corrected chi connectivity index (χ3v) is 4.01. The molecule has 0 saturated heterocycles. The van der Waals surface area contributed by atoms with Gasteiger partial charge in [0.1, 0.15) is 17.2 Å². The summed E-state index contributed by atoms with van der Waals surface area (Å²) in [6.45, 7) is 0. The zero-order valence-electron chi connectivity index (χ0n) is 14.8. The Hall–Kier alpha value is -3.74. The number of carbonyl (C=O) groups excluding carboxylic acids is 2. The van der Waals surface area contributed by atoms with Crippen LogP contribution in [0.4, 0.5) is 11.4 Å². The number of phenolic OH excluding ortho intramolecular Hbond substituents is 1. The second kappa shape index (κ2) is 7.65. The van der Waals surface area contributed by atoms with Gasteiger partial charge in [-0.3, -0.25) is 9.59 Å². The summed E-state index contributed by atoms with van der Waals surface area (Å²) in [6.07, 6.45) is 0. The predicted octanol–water partition coefficient (Wildman–Crippen LogP) is 3.14. The molecule has 0 fully saturated rings. The molecule has 27 heavy (non-hydrogen) atoms. The van der Waals surface area contributed by atoms with Gasteiger partial charge in [-0.05, 0) is 24.3 Å². The number of methoxy groups -OCH3 is 2. The van der Waals surface area contributed by atoms with Crippen LogP contribution in [-0.2, 0) is 9.59 Å². The Morgan fingerprint density at radius 1 is 0.815 bits per heavy atom.